The summed E-state index contributed by atoms with van der Waals surface area (Å²) < 4.78 is 7.15. The quantitative estimate of drug-likeness (QED) is 0.397. The smallest absolute Gasteiger partial charge is 0.244 e. The molecule has 0 saturated carbocycles. The van der Waals surface area contributed by atoms with E-state index in [1.54, 1.807) is 77.4 Å². The number of amides is 1. The molecular weight excluding hydrogens is 440 g/mol. The van der Waals surface area contributed by atoms with Crippen molar-refractivity contribution in [3.05, 3.63) is 105 Å². The molecule has 7 heteroatoms. The minimum absolute atomic E-state index is 0.0124. The van der Waals surface area contributed by atoms with Gasteiger partial charge in [-0.1, -0.05) is 41.9 Å². The maximum absolute atomic E-state index is 13.3. The van der Waals surface area contributed by atoms with E-state index in [4.69, 9.17) is 16.3 Å². The first-order valence-electron chi connectivity index (χ1n) is 10.4. The van der Waals surface area contributed by atoms with Crippen LogP contribution in [0.4, 0.5) is 5.69 Å². The number of hydrogen-bond donors (Lipinski definition) is 1. The summed E-state index contributed by atoms with van der Waals surface area (Å²) in [5.74, 6) is -0.200. The number of hydrogen-bond acceptors (Lipinski definition) is 4. The molecule has 1 N–H and O–H groups in total. The first-order chi connectivity index (χ1) is 16.0. The molecule has 0 bridgehead atoms. The number of fused-ring (bicyclic) bond motifs is 1. The molecular formula is C26H21ClN2O4. The van der Waals surface area contributed by atoms with Gasteiger partial charge in [0.1, 0.15) is 12.3 Å². The summed E-state index contributed by atoms with van der Waals surface area (Å²) in [5.41, 5.74) is 1.09. The Morgan fingerprint density at radius 2 is 1.73 bits per heavy atom. The lowest BCUT2D eigenvalue weighted by Crippen LogP contribution is -2.24. The van der Waals surface area contributed by atoms with Crippen LogP contribution in [0.25, 0.3) is 10.9 Å². The van der Waals surface area contributed by atoms with E-state index in [1.807, 2.05) is 6.92 Å². The van der Waals surface area contributed by atoms with Crippen LogP contribution in [0, 0.1) is 0 Å². The third-order valence-corrected chi connectivity index (χ3v) is 5.34. The van der Waals surface area contributed by atoms with Crippen LogP contribution in [0.5, 0.6) is 5.75 Å². The van der Waals surface area contributed by atoms with Gasteiger partial charge in [-0.05, 0) is 49.4 Å². The van der Waals surface area contributed by atoms with Crippen molar-refractivity contribution in [3.8, 4) is 5.75 Å². The van der Waals surface area contributed by atoms with Gasteiger partial charge in [0.15, 0.2) is 5.78 Å². The second-order valence-corrected chi connectivity index (χ2v) is 7.80. The number of ether oxygens (including phenoxy) is 1. The maximum atomic E-state index is 13.3. The first-order valence-corrected chi connectivity index (χ1v) is 10.8. The molecule has 0 unspecified atom stereocenters. The molecule has 33 heavy (non-hydrogen) atoms. The summed E-state index contributed by atoms with van der Waals surface area (Å²) in [6.45, 7) is 2.19. The second-order valence-electron chi connectivity index (χ2n) is 7.36. The van der Waals surface area contributed by atoms with Crippen LogP contribution in [0.2, 0.25) is 5.02 Å². The third-order valence-electron chi connectivity index (χ3n) is 5.09. The highest BCUT2D eigenvalue weighted by molar-refractivity contribution is 6.30. The van der Waals surface area contributed by atoms with Gasteiger partial charge in [-0.3, -0.25) is 14.4 Å². The van der Waals surface area contributed by atoms with E-state index in [2.05, 4.69) is 5.32 Å². The number of aromatic nitrogens is 1. The number of pyridine rings is 1. The topological polar surface area (TPSA) is 77.4 Å². The normalized spacial score (nSPS) is 10.7. The Balaban J connectivity index is 1.77. The molecule has 6 nitrogen and oxygen atoms in total. The zero-order valence-corrected chi connectivity index (χ0v) is 18.6. The molecule has 0 spiro atoms. The van der Waals surface area contributed by atoms with Crippen LogP contribution in [0.3, 0.4) is 0 Å². The Bertz CT molecular complexity index is 1380. The van der Waals surface area contributed by atoms with Crippen LogP contribution < -0.4 is 15.5 Å². The van der Waals surface area contributed by atoms with Gasteiger partial charge in [-0.2, -0.15) is 0 Å². The van der Waals surface area contributed by atoms with Crippen molar-refractivity contribution in [1.82, 2.24) is 4.57 Å². The number of carbonyl (C=O) groups is 2. The molecule has 0 aliphatic heterocycles. The molecule has 1 amide bonds. The summed E-state index contributed by atoms with van der Waals surface area (Å²) in [6.07, 6.45) is 1.45. The van der Waals surface area contributed by atoms with Crippen LogP contribution >= 0.6 is 11.6 Å². The molecule has 0 radical (unpaired) electrons. The first kappa shape index (κ1) is 22.3. The van der Waals surface area contributed by atoms with Gasteiger partial charge in [0.2, 0.25) is 11.3 Å². The van der Waals surface area contributed by atoms with Gasteiger partial charge in [-0.15, -0.1) is 0 Å². The number of carbonyl (C=O) groups excluding carboxylic acids is 2. The third kappa shape index (κ3) is 4.96. The number of benzene rings is 3. The molecule has 0 aliphatic rings. The molecule has 4 rings (SSSR count). The zero-order chi connectivity index (χ0) is 23.4. The van der Waals surface area contributed by atoms with Gasteiger partial charge in [-0.25, -0.2) is 0 Å². The lowest BCUT2D eigenvalue weighted by molar-refractivity contribution is -0.116. The highest BCUT2D eigenvalue weighted by Gasteiger charge is 2.18. The molecule has 4 aromatic rings. The van der Waals surface area contributed by atoms with Gasteiger partial charge in [0.25, 0.3) is 0 Å². The van der Waals surface area contributed by atoms with Crippen molar-refractivity contribution < 1.29 is 14.3 Å². The minimum atomic E-state index is -0.408. The van der Waals surface area contributed by atoms with Gasteiger partial charge in [0, 0.05) is 22.5 Å². The Hall–Kier alpha value is -3.90. The van der Waals surface area contributed by atoms with Crippen molar-refractivity contribution in [3.63, 3.8) is 0 Å². The number of halogens is 1. The van der Waals surface area contributed by atoms with E-state index >= 15 is 0 Å². The summed E-state index contributed by atoms with van der Waals surface area (Å²) >= 11 is 5.90. The molecule has 3 aromatic carbocycles. The monoisotopic (exact) mass is 460 g/mol. The highest BCUT2D eigenvalue weighted by Crippen LogP contribution is 2.21. The summed E-state index contributed by atoms with van der Waals surface area (Å²) in [7, 11) is 0. The summed E-state index contributed by atoms with van der Waals surface area (Å²) in [4.78, 5) is 39.1. The molecule has 0 aliphatic carbocycles. The fourth-order valence-corrected chi connectivity index (χ4v) is 3.69. The van der Waals surface area contributed by atoms with Crippen LogP contribution in [-0.2, 0) is 11.3 Å². The average molecular weight is 461 g/mol. The van der Waals surface area contributed by atoms with Crippen molar-refractivity contribution >= 4 is 39.9 Å². The largest absolute Gasteiger partial charge is 0.494 e. The second kappa shape index (κ2) is 9.71. The fourth-order valence-electron chi connectivity index (χ4n) is 3.56. The van der Waals surface area contributed by atoms with Crippen molar-refractivity contribution in [2.75, 3.05) is 11.9 Å². The van der Waals surface area contributed by atoms with E-state index in [1.165, 1.54) is 6.20 Å². The van der Waals surface area contributed by atoms with Crippen LogP contribution in [-0.4, -0.2) is 22.9 Å². The number of nitrogens with zero attached hydrogens (tertiary/aromatic N) is 1. The number of nitrogens with one attached hydrogen (secondary N) is 1. The standard InChI is InChI=1S/C26H21ClN2O4/c1-2-33-20-12-13-23-21(14-20)26(32)22(25(31)17-6-4-3-5-7-17)15-29(23)16-24(30)28-19-10-8-18(27)9-11-19/h3-15H,2,16H2,1H3,(H,28,30). The lowest BCUT2D eigenvalue weighted by atomic mass is 10.0. The maximum Gasteiger partial charge on any atom is 0.244 e. The fraction of sp³-hybridized carbons (Fsp3) is 0.115. The Morgan fingerprint density at radius 1 is 1.00 bits per heavy atom. The van der Waals surface area contributed by atoms with Gasteiger partial charge < -0.3 is 14.6 Å². The zero-order valence-electron chi connectivity index (χ0n) is 17.9. The number of ketones is 1. The molecule has 0 atom stereocenters. The van der Waals surface area contributed by atoms with E-state index in [9.17, 15) is 14.4 Å². The van der Waals surface area contributed by atoms with E-state index in [0.717, 1.165) is 0 Å². The predicted octanol–water partition coefficient (Wildman–Crippen LogP) is 4.92. The Labute approximate surface area is 195 Å². The molecule has 1 heterocycles. The lowest BCUT2D eigenvalue weighted by Gasteiger charge is -2.14. The van der Waals surface area contributed by atoms with Crippen LogP contribution in [0.1, 0.15) is 22.8 Å². The van der Waals surface area contributed by atoms with Crippen molar-refractivity contribution in [1.29, 1.82) is 0 Å². The average Bonchev–Trinajstić information content (AvgIpc) is 2.83. The van der Waals surface area contributed by atoms with E-state index in [-0.39, 0.29) is 18.0 Å². The van der Waals surface area contributed by atoms with Crippen molar-refractivity contribution in [2.24, 2.45) is 0 Å². The van der Waals surface area contributed by atoms with Gasteiger partial charge in [0.05, 0.1) is 23.1 Å². The summed E-state index contributed by atoms with van der Waals surface area (Å²) in [6, 6.07) is 20.4. The minimum Gasteiger partial charge on any atom is -0.494 e. The Kier molecular flexibility index (Phi) is 6.56. The van der Waals surface area contributed by atoms with Gasteiger partial charge >= 0.3 is 0 Å². The number of anilines is 1. The molecule has 0 saturated heterocycles. The van der Waals surface area contributed by atoms with E-state index in [0.29, 0.717) is 39.5 Å². The highest BCUT2D eigenvalue weighted by atomic mass is 35.5. The SMILES string of the molecule is CCOc1ccc2c(c1)c(=O)c(C(=O)c1ccccc1)cn2CC(=O)Nc1ccc(Cl)cc1. The molecule has 1 aromatic heterocycles. The predicted molar refractivity (Wildman–Crippen MR) is 129 cm³/mol. The molecule has 166 valence electrons. The van der Waals surface area contributed by atoms with Crippen LogP contribution in [0.15, 0.2) is 83.8 Å². The molecule has 0 fully saturated rings. The summed E-state index contributed by atoms with van der Waals surface area (Å²) in [5, 5.41) is 3.67. The Morgan fingerprint density at radius 3 is 2.42 bits per heavy atom. The number of rotatable bonds is 7. The van der Waals surface area contributed by atoms with Crippen molar-refractivity contribution in [2.45, 2.75) is 13.5 Å². The van der Waals surface area contributed by atoms with E-state index < -0.39 is 11.2 Å².